The molecule has 0 saturated heterocycles. The Bertz CT molecular complexity index is 605. The van der Waals surface area contributed by atoms with Gasteiger partial charge in [0.05, 0.1) is 25.0 Å². The first-order valence-corrected chi connectivity index (χ1v) is 7.69. The number of unbranched alkanes of at least 4 members (excludes halogenated alkanes) is 1. The molecule has 0 aliphatic heterocycles. The summed E-state index contributed by atoms with van der Waals surface area (Å²) in [6.07, 6.45) is 8.69. The number of hydrogen-bond donors (Lipinski definition) is 1. The fraction of sp³-hybridized carbons (Fsp3) is 0.353. The van der Waals surface area contributed by atoms with Gasteiger partial charge in [-0.05, 0) is 24.1 Å². The molecule has 0 spiro atoms. The van der Waals surface area contributed by atoms with E-state index in [0.29, 0.717) is 6.54 Å². The highest BCUT2D eigenvalue weighted by molar-refractivity contribution is 6.31. The summed E-state index contributed by atoms with van der Waals surface area (Å²) in [6.45, 7) is 2.90. The van der Waals surface area contributed by atoms with Crippen LogP contribution in [0, 0.1) is 0 Å². The molecule has 0 aliphatic carbocycles. The van der Waals surface area contributed by atoms with Crippen LogP contribution in [-0.2, 0) is 13.0 Å². The molecule has 2 aromatic rings. The Balaban J connectivity index is 2.31. The Morgan fingerprint density at radius 2 is 2.14 bits per heavy atom. The number of halogens is 1. The van der Waals surface area contributed by atoms with Crippen LogP contribution in [0.15, 0.2) is 36.5 Å². The third kappa shape index (κ3) is 4.19. The molecule has 3 nitrogen and oxygen atoms in total. The Kier molecular flexibility index (Phi) is 6.03. The molecule has 0 atom stereocenters. The highest BCUT2D eigenvalue weighted by Gasteiger charge is 2.10. The normalized spacial score (nSPS) is 11.4. The van der Waals surface area contributed by atoms with Gasteiger partial charge in [-0.15, -0.1) is 0 Å². The van der Waals surface area contributed by atoms with Gasteiger partial charge < -0.3 is 9.67 Å². The molecule has 0 aliphatic rings. The summed E-state index contributed by atoms with van der Waals surface area (Å²) < 4.78 is 2.17. The molecule has 1 aromatic carbocycles. The van der Waals surface area contributed by atoms with Gasteiger partial charge >= 0.3 is 0 Å². The van der Waals surface area contributed by atoms with Crippen LogP contribution in [0.3, 0.4) is 0 Å². The number of aliphatic hydroxyl groups is 1. The minimum Gasteiger partial charge on any atom is -0.392 e. The zero-order valence-electron chi connectivity index (χ0n) is 12.3. The first-order chi connectivity index (χ1) is 10.3. The van der Waals surface area contributed by atoms with E-state index in [1.165, 1.54) is 0 Å². The second-order valence-electron chi connectivity index (χ2n) is 4.97. The van der Waals surface area contributed by atoms with Crippen molar-refractivity contribution in [2.24, 2.45) is 0 Å². The number of aryl methyl sites for hydroxylation is 1. The first kappa shape index (κ1) is 15.8. The summed E-state index contributed by atoms with van der Waals surface area (Å²) in [7, 11) is 0. The van der Waals surface area contributed by atoms with Crippen LogP contribution in [-0.4, -0.2) is 21.3 Å². The lowest BCUT2D eigenvalue weighted by Crippen LogP contribution is -2.07. The number of nitrogens with zero attached hydrogens (tertiary/aromatic N) is 2. The van der Waals surface area contributed by atoms with E-state index in [4.69, 9.17) is 16.7 Å². The largest absolute Gasteiger partial charge is 0.392 e. The number of aromatic nitrogens is 2. The van der Waals surface area contributed by atoms with Crippen LogP contribution in [0.25, 0.3) is 6.08 Å². The Labute approximate surface area is 130 Å². The maximum atomic E-state index is 8.96. The van der Waals surface area contributed by atoms with E-state index in [0.717, 1.165) is 41.4 Å². The lowest BCUT2D eigenvalue weighted by molar-refractivity contribution is 0.343. The van der Waals surface area contributed by atoms with Crippen LogP contribution in [0.2, 0.25) is 5.02 Å². The summed E-state index contributed by atoms with van der Waals surface area (Å²) in [5.74, 6) is 1.06. The molecule has 0 fully saturated rings. The van der Waals surface area contributed by atoms with Gasteiger partial charge in [-0.1, -0.05) is 49.2 Å². The highest BCUT2D eigenvalue weighted by atomic mass is 35.5. The van der Waals surface area contributed by atoms with Gasteiger partial charge in [0, 0.05) is 11.4 Å². The Hall–Kier alpha value is -1.58. The van der Waals surface area contributed by atoms with E-state index in [9.17, 15) is 0 Å². The molecule has 0 unspecified atom stereocenters. The number of hydrogen-bond acceptors (Lipinski definition) is 2. The molecule has 21 heavy (non-hydrogen) atoms. The molecule has 1 aromatic heterocycles. The summed E-state index contributed by atoms with van der Waals surface area (Å²) in [4.78, 5) is 4.52. The fourth-order valence-corrected chi connectivity index (χ4v) is 2.44. The molecule has 4 heteroatoms. The molecule has 0 bridgehead atoms. The molecule has 0 radical (unpaired) electrons. The van der Waals surface area contributed by atoms with E-state index < -0.39 is 0 Å². The minimum absolute atomic E-state index is 0.0293. The summed E-state index contributed by atoms with van der Waals surface area (Å²) in [5, 5.41) is 9.73. The minimum atomic E-state index is 0.0293. The van der Waals surface area contributed by atoms with Crippen LogP contribution >= 0.6 is 11.6 Å². The lowest BCUT2D eigenvalue weighted by atomic mass is 10.2. The van der Waals surface area contributed by atoms with E-state index in [1.54, 1.807) is 6.08 Å². The average Bonchev–Trinajstić information content (AvgIpc) is 2.87. The summed E-state index contributed by atoms with van der Waals surface area (Å²) >= 11 is 6.26. The molecular weight excluding hydrogens is 284 g/mol. The Morgan fingerprint density at radius 1 is 1.33 bits per heavy atom. The van der Waals surface area contributed by atoms with Crippen molar-refractivity contribution >= 4 is 17.7 Å². The lowest BCUT2D eigenvalue weighted by Gasteiger charge is -2.11. The number of rotatable bonds is 7. The van der Waals surface area contributed by atoms with Gasteiger partial charge in [-0.2, -0.15) is 0 Å². The molecule has 1 N–H and O–H groups in total. The fourth-order valence-electron chi connectivity index (χ4n) is 2.25. The summed E-state index contributed by atoms with van der Waals surface area (Å²) in [6, 6.07) is 7.87. The van der Waals surface area contributed by atoms with E-state index >= 15 is 0 Å². The van der Waals surface area contributed by atoms with Gasteiger partial charge in [-0.25, -0.2) is 4.98 Å². The van der Waals surface area contributed by atoms with Gasteiger partial charge in [0.15, 0.2) is 0 Å². The molecule has 0 saturated carbocycles. The molecule has 0 amide bonds. The van der Waals surface area contributed by atoms with E-state index in [2.05, 4.69) is 16.5 Å². The predicted molar refractivity (Wildman–Crippen MR) is 87.5 cm³/mol. The van der Waals surface area contributed by atoms with Crippen molar-refractivity contribution in [2.75, 3.05) is 6.61 Å². The second kappa shape index (κ2) is 8.01. The Morgan fingerprint density at radius 3 is 2.86 bits per heavy atom. The van der Waals surface area contributed by atoms with Crippen molar-refractivity contribution in [3.8, 4) is 0 Å². The van der Waals surface area contributed by atoms with Gasteiger partial charge in [-0.3, -0.25) is 0 Å². The molecule has 2 rings (SSSR count). The van der Waals surface area contributed by atoms with Crippen molar-refractivity contribution in [1.82, 2.24) is 9.55 Å². The van der Waals surface area contributed by atoms with Crippen molar-refractivity contribution in [2.45, 2.75) is 32.7 Å². The maximum Gasteiger partial charge on any atom is 0.109 e. The molecule has 112 valence electrons. The second-order valence-corrected chi connectivity index (χ2v) is 5.37. The third-order valence-electron chi connectivity index (χ3n) is 3.40. The van der Waals surface area contributed by atoms with Crippen molar-refractivity contribution in [1.29, 1.82) is 0 Å². The standard InChI is InChI=1S/C17H21ClN2O/c1-2-3-10-17-19-12-15(8-6-11-21)20(17)13-14-7-4-5-9-16(14)18/h4-9,12,21H,2-3,10-11,13H2,1H3/b8-6+. The van der Waals surface area contributed by atoms with Crippen LogP contribution in [0.4, 0.5) is 0 Å². The van der Waals surface area contributed by atoms with Crippen LogP contribution in [0.1, 0.15) is 36.8 Å². The van der Waals surface area contributed by atoms with Gasteiger partial charge in [0.2, 0.25) is 0 Å². The number of benzene rings is 1. The SMILES string of the molecule is CCCCc1ncc(/C=C/CO)n1Cc1ccccc1Cl. The third-order valence-corrected chi connectivity index (χ3v) is 3.77. The van der Waals surface area contributed by atoms with Crippen LogP contribution < -0.4 is 0 Å². The average molecular weight is 305 g/mol. The monoisotopic (exact) mass is 304 g/mol. The summed E-state index contributed by atoms with van der Waals surface area (Å²) in [5.41, 5.74) is 2.07. The smallest absolute Gasteiger partial charge is 0.109 e. The highest BCUT2D eigenvalue weighted by Crippen LogP contribution is 2.19. The zero-order chi connectivity index (χ0) is 15.1. The quantitative estimate of drug-likeness (QED) is 0.841. The number of imidazole rings is 1. The van der Waals surface area contributed by atoms with E-state index in [-0.39, 0.29) is 6.61 Å². The van der Waals surface area contributed by atoms with Crippen molar-refractivity contribution in [3.05, 3.63) is 58.6 Å². The predicted octanol–water partition coefficient (Wildman–Crippen LogP) is 3.93. The van der Waals surface area contributed by atoms with Gasteiger partial charge in [0.25, 0.3) is 0 Å². The molecular formula is C17H21ClN2O. The topological polar surface area (TPSA) is 38.1 Å². The maximum absolute atomic E-state index is 8.96. The van der Waals surface area contributed by atoms with E-state index in [1.807, 2.05) is 36.5 Å². The van der Waals surface area contributed by atoms with Crippen LogP contribution in [0.5, 0.6) is 0 Å². The number of aliphatic hydroxyl groups excluding tert-OH is 1. The van der Waals surface area contributed by atoms with Crippen molar-refractivity contribution < 1.29 is 5.11 Å². The molecule has 1 heterocycles. The first-order valence-electron chi connectivity index (χ1n) is 7.31. The zero-order valence-corrected chi connectivity index (χ0v) is 13.1. The van der Waals surface area contributed by atoms with Gasteiger partial charge in [0.1, 0.15) is 5.82 Å². The van der Waals surface area contributed by atoms with Crippen molar-refractivity contribution in [3.63, 3.8) is 0 Å².